The van der Waals surface area contributed by atoms with Crippen molar-refractivity contribution in [3.05, 3.63) is 24.0 Å². The smallest absolute Gasteiger partial charge is 0.251 e. The number of carbonyl (C=O) groups excluding carboxylic acids is 3. The van der Waals surface area contributed by atoms with Gasteiger partial charge < -0.3 is 25.0 Å². The first kappa shape index (κ1) is 22.0. The number of carbonyl (C=O) groups is 3. The summed E-state index contributed by atoms with van der Waals surface area (Å²) in [6, 6.07) is 1.80. The normalized spacial score (nSPS) is 24.2. The molecule has 0 aliphatic carbocycles. The zero-order valence-corrected chi connectivity index (χ0v) is 17.6. The van der Waals surface area contributed by atoms with Crippen LogP contribution >= 0.6 is 0 Å². The number of methoxy groups -OCH3 is 1. The van der Waals surface area contributed by atoms with Crippen molar-refractivity contribution in [2.75, 3.05) is 27.2 Å². The minimum Gasteiger partial charge on any atom is -0.496 e. The number of hydrogen-bond donors (Lipinski definition) is 1. The van der Waals surface area contributed by atoms with Gasteiger partial charge in [-0.2, -0.15) is 0 Å². The predicted molar refractivity (Wildman–Crippen MR) is 109 cm³/mol. The van der Waals surface area contributed by atoms with Gasteiger partial charge in [-0.25, -0.2) is 0 Å². The summed E-state index contributed by atoms with van der Waals surface area (Å²) in [6.45, 7) is 1.17. The third-order valence-corrected chi connectivity index (χ3v) is 5.98. The number of pyridine rings is 1. The second-order valence-corrected chi connectivity index (χ2v) is 7.87. The number of nitrogens with two attached hydrogens (primary N) is 1. The molecular weight excluding hydrogens is 388 g/mol. The van der Waals surface area contributed by atoms with E-state index in [1.807, 2.05) is 7.05 Å². The van der Waals surface area contributed by atoms with Crippen molar-refractivity contribution < 1.29 is 23.9 Å². The van der Waals surface area contributed by atoms with E-state index in [4.69, 9.17) is 15.2 Å². The molecule has 1 aromatic rings. The molecule has 1 aromatic heterocycles. The lowest BCUT2D eigenvalue weighted by Gasteiger charge is -2.28. The number of ether oxygens (including phenoxy) is 2. The number of hydrogen-bond acceptors (Lipinski definition) is 6. The Balaban J connectivity index is 1.54. The minimum absolute atomic E-state index is 0.00509. The first-order valence-electron chi connectivity index (χ1n) is 10.4. The summed E-state index contributed by atoms with van der Waals surface area (Å²) in [5.41, 5.74) is 6.03. The van der Waals surface area contributed by atoms with Gasteiger partial charge in [-0.3, -0.25) is 19.4 Å². The minimum atomic E-state index is -0.674. The molecule has 0 bridgehead atoms. The molecule has 2 aliphatic rings. The summed E-state index contributed by atoms with van der Waals surface area (Å²) in [6.07, 6.45) is 5.55. The van der Waals surface area contributed by atoms with Gasteiger partial charge in [-0.05, 0) is 38.2 Å². The Labute approximate surface area is 176 Å². The largest absolute Gasteiger partial charge is 0.496 e. The fourth-order valence-electron chi connectivity index (χ4n) is 4.16. The average molecular weight is 418 g/mol. The lowest BCUT2D eigenvalue weighted by molar-refractivity contribution is -0.145. The van der Waals surface area contributed by atoms with Gasteiger partial charge in [0, 0.05) is 44.1 Å². The molecule has 3 heterocycles. The van der Waals surface area contributed by atoms with Crippen LogP contribution in [0.15, 0.2) is 18.5 Å². The van der Waals surface area contributed by atoms with Gasteiger partial charge >= 0.3 is 0 Å². The number of primary amides is 1. The highest BCUT2D eigenvalue weighted by Gasteiger charge is 2.36. The molecule has 0 saturated carbocycles. The van der Waals surface area contributed by atoms with Crippen LogP contribution in [0.4, 0.5) is 0 Å². The standard InChI is InChI=1S/C21H30N4O5/c1-24(19(26)12-14-13-23-9-7-16(14)29-2)15-4-3-10-25(11-8-15)21(28)18-6-5-17(30-18)20(22)27/h7,9,13,15,17-18H,3-6,8,10-12H2,1-2H3,(H2,22,27)/t15?,17-,18+/m1/s1. The topological polar surface area (TPSA) is 115 Å². The van der Waals surface area contributed by atoms with Crippen molar-refractivity contribution in [2.45, 2.75) is 56.8 Å². The van der Waals surface area contributed by atoms with E-state index in [2.05, 4.69) is 4.98 Å². The van der Waals surface area contributed by atoms with Crippen molar-refractivity contribution in [1.82, 2.24) is 14.8 Å². The molecule has 2 aliphatic heterocycles. The molecule has 0 spiro atoms. The zero-order chi connectivity index (χ0) is 21.7. The van der Waals surface area contributed by atoms with Crippen LogP contribution in [0, 0.1) is 0 Å². The van der Waals surface area contributed by atoms with Crippen LogP contribution < -0.4 is 10.5 Å². The number of likely N-dealkylation sites (tertiary alicyclic amines) is 1. The van der Waals surface area contributed by atoms with Gasteiger partial charge in [0.1, 0.15) is 18.0 Å². The number of rotatable bonds is 6. The Kier molecular flexibility index (Phi) is 7.25. The lowest BCUT2D eigenvalue weighted by Crippen LogP contribution is -2.42. The summed E-state index contributed by atoms with van der Waals surface area (Å²) >= 11 is 0. The first-order valence-corrected chi connectivity index (χ1v) is 10.4. The molecule has 2 saturated heterocycles. The third-order valence-electron chi connectivity index (χ3n) is 5.98. The monoisotopic (exact) mass is 418 g/mol. The predicted octanol–water partition coefficient (Wildman–Crippen LogP) is 0.505. The second-order valence-electron chi connectivity index (χ2n) is 7.87. The molecule has 3 atom stereocenters. The van der Waals surface area contributed by atoms with E-state index in [-0.39, 0.29) is 24.3 Å². The van der Waals surface area contributed by atoms with Gasteiger partial charge in [0.15, 0.2) is 0 Å². The van der Waals surface area contributed by atoms with Crippen molar-refractivity contribution in [2.24, 2.45) is 5.73 Å². The van der Waals surface area contributed by atoms with Crippen LogP contribution in [0.2, 0.25) is 0 Å². The maximum absolute atomic E-state index is 12.8. The molecule has 30 heavy (non-hydrogen) atoms. The number of nitrogens with zero attached hydrogens (tertiary/aromatic N) is 3. The summed E-state index contributed by atoms with van der Waals surface area (Å²) in [4.78, 5) is 44.5. The highest BCUT2D eigenvalue weighted by atomic mass is 16.5. The van der Waals surface area contributed by atoms with Gasteiger partial charge in [0.05, 0.1) is 13.5 Å². The molecule has 0 radical (unpaired) electrons. The quantitative estimate of drug-likeness (QED) is 0.720. The summed E-state index contributed by atoms with van der Waals surface area (Å²) in [5.74, 6) is 0.0322. The number of aromatic nitrogens is 1. The molecule has 1 unspecified atom stereocenters. The molecule has 9 nitrogen and oxygen atoms in total. The van der Waals surface area contributed by atoms with Crippen LogP contribution in [0.25, 0.3) is 0 Å². The fraction of sp³-hybridized carbons (Fsp3) is 0.619. The highest BCUT2D eigenvalue weighted by molar-refractivity contribution is 5.84. The third kappa shape index (κ3) is 5.08. The molecule has 3 amide bonds. The van der Waals surface area contributed by atoms with Gasteiger partial charge in [-0.15, -0.1) is 0 Å². The van der Waals surface area contributed by atoms with E-state index in [9.17, 15) is 14.4 Å². The fourth-order valence-corrected chi connectivity index (χ4v) is 4.16. The van der Waals surface area contributed by atoms with E-state index in [1.54, 1.807) is 35.4 Å². The van der Waals surface area contributed by atoms with E-state index in [0.29, 0.717) is 38.1 Å². The Morgan fingerprint density at radius 1 is 1.23 bits per heavy atom. The van der Waals surface area contributed by atoms with Crippen LogP contribution in [0.3, 0.4) is 0 Å². The van der Waals surface area contributed by atoms with Crippen LogP contribution in [-0.4, -0.2) is 78.0 Å². The van der Waals surface area contributed by atoms with Gasteiger partial charge in [0.25, 0.3) is 5.91 Å². The Morgan fingerprint density at radius 2 is 2.00 bits per heavy atom. The van der Waals surface area contributed by atoms with Crippen molar-refractivity contribution >= 4 is 17.7 Å². The van der Waals surface area contributed by atoms with E-state index in [1.165, 1.54) is 0 Å². The maximum atomic E-state index is 12.8. The summed E-state index contributed by atoms with van der Waals surface area (Å²) in [7, 11) is 3.38. The van der Waals surface area contributed by atoms with E-state index in [0.717, 1.165) is 18.4 Å². The lowest BCUT2D eigenvalue weighted by atomic mass is 10.1. The molecule has 2 N–H and O–H groups in total. The number of likely N-dealkylation sites (N-methyl/N-ethyl adjacent to an activating group) is 1. The summed E-state index contributed by atoms with van der Waals surface area (Å²) < 4.78 is 10.8. The molecule has 0 aromatic carbocycles. The van der Waals surface area contributed by atoms with Gasteiger partial charge in [-0.1, -0.05) is 0 Å². The van der Waals surface area contributed by atoms with Crippen LogP contribution in [-0.2, 0) is 25.5 Å². The van der Waals surface area contributed by atoms with Crippen molar-refractivity contribution in [1.29, 1.82) is 0 Å². The highest BCUT2D eigenvalue weighted by Crippen LogP contribution is 2.24. The first-order chi connectivity index (χ1) is 14.4. The molecular formula is C21H30N4O5. The van der Waals surface area contributed by atoms with E-state index < -0.39 is 18.1 Å². The SMILES string of the molecule is COc1ccncc1CC(=O)N(C)C1CCCN(C(=O)[C@@H]2CC[C@H](C(N)=O)O2)CC1. The van der Waals surface area contributed by atoms with Crippen LogP contribution in [0.5, 0.6) is 5.75 Å². The maximum Gasteiger partial charge on any atom is 0.251 e. The van der Waals surface area contributed by atoms with Gasteiger partial charge in [0.2, 0.25) is 11.8 Å². The molecule has 2 fully saturated rings. The van der Waals surface area contributed by atoms with Crippen molar-refractivity contribution in [3.8, 4) is 5.75 Å². The second kappa shape index (κ2) is 9.88. The molecule has 164 valence electrons. The Bertz CT molecular complexity index is 786. The van der Waals surface area contributed by atoms with E-state index >= 15 is 0 Å². The number of amides is 3. The zero-order valence-electron chi connectivity index (χ0n) is 17.6. The molecule has 9 heteroatoms. The van der Waals surface area contributed by atoms with Crippen molar-refractivity contribution in [3.63, 3.8) is 0 Å². The Morgan fingerprint density at radius 3 is 2.70 bits per heavy atom. The van der Waals surface area contributed by atoms with Crippen LogP contribution in [0.1, 0.15) is 37.7 Å². The average Bonchev–Trinajstić information content (AvgIpc) is 3.12. The molecule has 3 rings (SSSR count). The summed E-state index contributed by atoms with van der Waals surface area (Å²) in [5, 5.41) is 0. The Hall–Kier alpha value is -2.68.